The predicted octanol–water partition coefficient (Wildman–Crippen LogP) is 4.20. The molecule has 0 aromatic heterocycles. The molecule has 5 rings (SSSR count). The van der Waals surface area contributed by atoms with Crippen molar-refractivity contribution in [3.63, 3.8) is 0 Å². The zero-order chi connectivity index (χ0) is 29.4. The van der Waals surface area contributed by atoms with Gasteiger partial charge in [0.25, 0.3) is 0 Å². The van der Waals surface area contributed by atoms with Crippen LogP contribution >= 0.6 is 0 Å². The molecule has 8 nitrogen and oxygen atoms in total. The standard InChI is InChI=1S/C33H44N2O6/c1-5-7-19-40-31(39)27-26-29(37)35(25(21-36)23-14-10-8-11-15-23)28(33(26)20-22(3)32(27,4)41-33)30(38)34(18-6-2)24-16-12-9-13-17-24/h5-6,8,10-11,14-15,22,24-28,36H,1-2,7,9,12-13,16-21H2,3-4H3/t22?,25-,26+,27-,28?,32+,33?/m1/s1. The minimum Gasteiger partial charge on any atom is -0.465 e. The summed E-state index contributed by atoms with van der Waals surface area (Å²) in [5.41, 5.74) is -1.43. The number of ether oxygens (including phenoxy) is 2. The SMILES string of the molecule is C=CCCOC(=O)[C@H]1[C@H]2C(=O)N([C@H](CO)c3ccccc3)C(C(=O)N(CC=C)C3CCCCC3)C23CC(C)[C@]1(C)O3. The summed E-state index contributed by atoms with van der Waals surface area (Å²) in [5, 5.41) is 10.7. The lowest BCUT2D eigenvalue weighted by atomic mass is 9.62. The van der Waals surface area contributed by atoms with Gasteiger partial charge in [-0.25, -0.2) is 0 Å². The molecule has 1 aromatic carbocycles. The summed E-state index contributed by atoms with van der Waals surface area (Å²) in [4.78, 5) is 46.6. The zero-order valence-corrected chi connectivity index (χ0v) is 24.4. The van der Waals surface area contributed by atoms with Crippen LogP contribution in [0.1, 0.15) is 70.4 Å². The van der Waals surface area contributed by atoms with E-state index in [0.717, 1.165) is 37.7 Å². The van der Waals surface area contributed by atoms with Gasteiger partial charge in [-0.3, -0.25) is 14.4 Å². The third-order valence-electron chi connectivity index (χ3n) is 10.1. The first-order valence-corrected chi connectivity index (χ1v) is 15.1. The Kier molecular flexibility index (Phi) is 8.44. The molecule has 1 spiro atoms. The fraction of sp³-hybridized carbons (Fsp3) is 0.606. The van der Waals surface area contributed by atoms with Gasteiger partial charge >= 0.3 is 5.97 Å². The molecule has 41 heavy (non-hydrogen) atoms. The Morgan fingerprint density at radius 2 is 1.90 bits per heavy atom. The van der Waals surface area contributed by atoms with Crippen LogP contribution < -0.4 is 0 Å². The molecule has 1 aromatic rings. The van der Waals surface area contributed by atoms with Gasteiger partial charge in [-0.15, -0.1) is 13.2 Å². The molecular formula is C33H44N2O6. The summed E-state index contributed by atoms with van der Waals surface area (Å²) in [5.74, 6) is -2.85. The van der Waals surface area contributed by atoms with Crippen LogP contribution in [0.5, 0.6) is 0 Å². The largest absolute Gasteiger partial charge is 0.465 e. The summed E-state index contributed by atoms with van der Waals surface area (Å²) < 4.78 is 12.5. The number of carbonyl (C=O) groups excluding carboxylic acids is 3. The molecule has 3 saturated heterocycles. The Morgan fingerprint density at radius 3 is 2.54 bits per heavy atom. The molecule has 222 valence electrons. The van der Waals surface area contributed by atoms with Crippen LogP contribution in [0.15, 0.2) is 55.6 Å². The topological polar surface area (TPSA) is 96.4 Å². The van der Waals surface area contributed by atoms with E-state index in [0.29, 0.717) is 19.4 Å². The molecular weight excluding hydrogens is 520 g/mol. The van der Waals surface area contributed by atoms with Gasteiger partial charge < -0.3 is 24.4 Å². The molecule has 4 aliphatic rings. The fourth-order valence-electron chi connectivity index (χ4n) is 8.12. The molecule has 7 atom stereocenters. The highest BCUT2D eigenvalue weighted by Crippen LogP contribution is 2.66. The number of aliphatic hydroxyl groups excluding tert-OH is 1. The third-order valence-corrected chi connectivity index (χ3v) is 10.1. The molecule has 3 heterocycles. The normalized spacial score (nSPS) is 33.3. The molecule has 1 aliphatic carbocycles. The predicted molar refractivity (Wildman–Crippen MR) is 154 cm³/mol. The number of aliphatic hydroxyl groups is 1. The van der Waals surface area contributed by atoms with Crippen molar-refractivity contribution in [2.24, 2.45) is 17.8 Å². The van der Waals surface area contributed by atoms with E-state index in [1.165, 1.54) is 0 Å². The van der Waals surface area contributed by atoms with Crippen molar-refractivity contribution in [1.82, 2.24) is 9.80 Å². The fourth-order valence-corrected chi connectivity index (χ4v) is 8.12. The van der Waals surface area contributed by atoms with E-state index in [1.54, 1.807) is 17.1 Å². The number of rotatable bonds is 11. The monoisotopic (exact) mass is 564 g/mol. The first kappa shape index (κ1) is 29.5. The van der Waals surface area contributed by atoms with Crippen LogP contribution in [0.4, 0.5) is 0 Å². The van der Waals surface area contributed by atoms with Gasteiger partial charge in [0.15, 0.2) is 0 Å². The number of fused-ring (bicyclic) bond motifs is 1. The first-order chi connectivity index (χ1) is 19.7. The average molecular weight is 565 g/mol. The first-order valence-electron chi connectivity index (χ1n) is 15.1. The van der Waals surface area contributed by atoms with E-state index in [1.807, 2.05) is 49.1 Å². The third kappa shape index (κ3) is 4.73. The van der Waals surface area contributed by atoms with Gasteiger partial charge in [-0.2, -0.15) is 0 Å². The molecule has 2 amide bonds. The number of likely N-dealkylation sites (tertiary alicyclic amines) is 1. The van der Waals surface area contributed by atoms with Crippen LogP contribution in [0, 0.1) is 17.8 Å². The van der Waals surface area contributed by atoms with Crippen LogP contribution in [0.2, 0.25) is 0 Å². The minimum absolute atomic E-state index is 0.0391. The zero-order valence-electron chi connectivity index (χ0n) is 24.4. The molecule has 1 N–H and O–H groups in total. The lowest BCUT2D eigenvalue weighted by Crippen LogP contribution is -2.59. The smallest absolute Gasteiger partial charge is 0.312 e. The van der Waals surface area contributed by atoms with Crippen molar-refractivity contribution in [3.05, 3.63) is 61.2 Å². The number of nitrogens with zero attached hydrogens (tertiary/aromatic N) is 2. The second-order valence-electron chi connectivity index (χ2n) is 12.4. The minimum atomic E-state index is -1.21. The summed E-state index contributed by atoms with van der Waals surface area (Å²) in [7, 11) is 0. The number of amides is 2. The second-order valence-corrected chi connectivity index (χ2v) is 12.4. The Balaban J connectivity index is 1.62. The van der Waals surface area contributed by atoms with Crippen molar-refractivity contribution in [1.29, 1.82) is 0 Å². The van der Waals surface area contributed by atoms with Crippen molar-refractivity contribution in [2.45, 2.75) is 88.1 Å². The van der Waals surface area contributed by atoms with E-state index in [4.69, 9.17) is 9.47 Å². The van der Waals surface area contributed by atoms with Crippen molar-refractivity contribution in [2.75, 3.05) is 19.8 Å². The maximum atomic E-state index is 14.9. The van der Waals surface area contributed by atoms with Gasteiger partial charge in [-0.05, 0) is 44.1 Å². The molecule has 2 bridgehead atoms. The van der Waals surface area contributed by atoms with Gasteiger partial charge in [0.2, 0.25) is 11.8 Å². The Labute approximate surface area is 243 Å². The van der Waals surface area contributed by atoms with E-state index < -0.39 is 41.1 Å². The number of hydrogen-bond donors (Lipinski definition) is 1. The van der Waals surface area contributed by atoms with Gasteiger partial charge in [0.05, 0.1) is 30.8 Å². The van der Waals surface area contributed by atoms with Crippen LogP contribution in [-0.2, 0) is 23.9 Å². The van der Waals surface area contributed by atoms with Crippen LogP contribution in [-0.4, -0.2) is 75.7 Å². The van der Waals surface area contributed by atoms with E-state index >= 15 is 0 Å². The molecule has 4 fully saturated rings. The van der Waals surface area contributed by atoms with Gasteiger partial charge in [0, 0.05) is 12.6 Å². The molecule has 8 heteroatoms. The second kappa shape index (κ2) is 11.7. The lowest BCUT2D eigenvalue weighted by molar-refractivity contribution is -0.164. The number of hydrogen-bond acceptors (Lipinski definition) is 6. The van der Waals surface area contributed by atoms with Crippen molar-refractivity contribution < 1.29 is 29.0 Å². The van der Waals surface area contributed by atoms with Crippen molar-refractivity contribution >= 4 is 17.8 Å². The lowest BCUT2D eigenvalue weighted by Gasteiger charge is -2.42. The number of esters is 1. The molecule has 3 unspecified atom stereocenters. The summed E-state index contributed by atoms with van der Waals surface area (Å²) in [6.45, 7) is 11.7. The van der Waals surface area contributed by atoms with E-state index in [9.17, 15) is 19.5 Å². The quantitative estimate of drug-likeness (QED) is 0.246. The highest BCUT2D eigenvalue weighted by atomic mass is 16.6. The van der Waals surface area contributed by atoms with Crippen LogP contribution in [0.3, 0.4) is 0 Å². The Hall–Kier alpha value is -2.97. The number of benzene rings is 1. The summed E-state index contributed by atoms with van der Waals surface area (Å²) in [6.07, 6.45) is 9.39. The van der Waals surface area contributed by atoms with Crippen LogP contribution in [0.25, 0.3) is 0 Å². The highest BCUT2D eigenvalue weighted by molar-refractivity contribution is 5.99. The summed E-state index contributed by atoms with van der Waals surface area (Å²) in [6, 6.07) is 7.57. The molecule has 1 saturated carbocycles. The molecule has 0 radical (unpaired) electrons. The maximum absolute atomic E-state index is 14.9. The Bertz CT molecular complexity index is 1170. The van der Waals surface area contributed by atoms with E-state index in [2.05, 4.69) is 13.2 Å². The van der Waals surface area contributed by atoms with Gasteiger partial charge in [0.1, 0.15) is 17.6 Å². The molecule has 3 aliphatic heterocycles. The van der Waals surface area contributed by atoms with E-state index in [-0.39, 0.29) is 37.0 Å². The number of carbonyl (C=O) groups is 3. The van der Waals surface area contributed by atoms with Gasteiger partial charge in [-0.1, -0.05) is 68.7 Å². The Morgan fingerprint density at radius 1 is 1.20 bits per heavy atom. The highest BCUT2D eigenvalue weighted by Gasteiger charge is 2.81. The summed E-state index contributed by atoms with van der Waals surface area (Å²) >= 11 is 0. The maximum Gasteiger partial charge on any atom is 0.312 e. The average Bonchev–Trinajstić information content (AvgIpc) is 3.49. The van der Waals surface area contributed by atoms with Crippen molar-refractivity contribution in [3.8, 4) is 0 Å².